The fraction of sp³-hybridized carbons (Fsp3) is 0.692. The summed E-state index contributed by atoms with van der Waals surface area (Å²) in [5.41, 5.74) is 0.282. The van der Waals surface area contributed by atoms with Crippen molar-refractivity contribution in [1.29, 1.82) is 0 Å². The predicted molar refractivity (Wildman–Crippen MR) is 77.8 cm³/mol. The Morgan fingerprint density at radius 3 is 2.73 bits per heavy atom. The van der Waals surface area contributed by atoms with Crippen LogP contribution in [-0.2, 0) is 19.6 Å². The maximum absolute atomic E-state index is 12.5. The van der Waals surface area contributed by atoms with E-state index in [0.717, 1.165) is 17.1 Å². The molecular formula is C13H21N3O5S. The van der Waals surface area contributed by atoms with E-state index in [0.29, 0.717) is 13.2 Å². The fourth-order valence-electron chi connectivity index (χ4n) is 2.37. The summed E-state index contributed by atoms with van der Waals surface area (Å²) in [6, 6.07) is 0. The third-order valence-electron chi connectivity index (χ3n) is 3.55. The molecule has 1 atom stereocenters. The average molecular weight is 331 g/mol. The molecule has 0 radical (unpaired) electrons. The zero-order chi connectivity index (χ0) is 16.3. The van der Waals surface area contributed by atoms with Crippen LogP contribution in [0, 0.1) is 13.8 Å². The summed E-state index contributed by atoms with van der Waals surface area (Å²) in [7, 11) is -2.45. The number of hydrogen-bond donors (Lipinski definition) is 1. The molecule has 1 saturated heterocycles. The molecule has 1 fully saturated rings. The van der Waals surface area contributed by atoms with Gasteiger partial charge in [-0.1, -0.05) is 5.16 Å². The van der Waals surface area contributed by atoms with E-state index in [1.54, 1.807) is 6.92 Å². The van der Waals surface area contributed by atoms with Crippen LogP contribution in [0.2, 0.25) is 0 Å². The number of likely N-dealkylation sites (N-methyl/N-ethyl adjacent to an activating group) is 1. The summed E-state index contributed by atoms with van der Waals surface area (Å²) in [6.07, 6.45) is 1.92. The SMILES string of the molecule is Cc1noc(C)c1S(=O)(=O)N(C)CC(=O)NCC1CCCO1. The largest absolute Gasteiger partial charge is 0.376 e. The van der Waals surface area contributed by atoms with Crippen LogP contribution >= 0.6 is 0 Å². The molecule has 1 aromatic rings. The van der Waals surface area contributed by atoms with Crippen molar-refractivity contribution in [2.24, 2.45) is 0 Å². The van der Waals surface area contributed by atoms with Crippen LogP contribution in [0.5, 0.6) is 0 Å². The Labute approximate surface area is 129 Å². The zero-order valence-electron chi connectivity index (χ0n) is 13.0. The second kappa shape index (κ2) is 6.76. The molecule has 22 heavy (non-hydrogen) atoms. The molecule has 1 aliphatic rings. The van der Waals surface area contributed by atoms with Crippen molar-refractivity contribution in [2.45, 2.75) is 37.7 Å². The first-order valence-electron chi connectivity index (χ1n) is 7.10. The first-order chi connectivity index (χ1) is 10.3. The van der Waals surface area contributed by atoms with E-state index >= 15 is 0 Å². The lowest BCUT2D eigenvalue weighted by Crippen LogP contribution is -2.41. The van der Waals surface area contributed by atoms with Gasteiger partial charge in [0.05, 0.1) is 12.6 Å². The van der Waals surface area contributed by atoms with Crippen LogP contribution in [0.15, 0.2) is 9.42 Å². The highest BCUT2D eigenvalue weighted by Crippen LogP contribution is 2.22. The topological polar surface area (TPSA) is 102 Å². The van der Waals surface area contributed by atoms with Crippen molar-refractivity contribution >= 4 is 15.9 Å². The summed E-state index contributed by atoms with van der Waals surface area (Å²) < 4.78 is 36.2. The Morgan fingerprint density at radius 1 is 1.45 bits per heavy atom. The lowest BCUT2D eigenvalue weighted by Gasteiger charge is -2.17. The quantitative estimate of drug-likeness (QED) is 0.799. The zero-order valence-corrected chi connectivity index (χ0v) is 13.8. The maximum Gasteiger partial charge on any atom is 0.248 e. The number of carbonyl (C=O) groups is 1. The molecule has 1 aromatic heterocycles. The van der Waals surface area contributed by atoms with E-state index in [2.05, 4.69) is 10.5 Å². The van der Waals surface area contributed by atoms with E-state index < -0.39 is 10.0 Å². The van der Waals surface area contributed by atoms with Crippen molar-refractivity contribution in [3.8, 4) is 0 Å². The third kappa shape index (κ3) is 3.65. The molecule has 1 N–H and O–H groups in total. The van der Waals surface area contributed by atoms with E-state index in [1.165, 1.54) is 14.0 Å². The summed E-state index contributed by atoms with van der Waals surface area (Å²) >= 11 is 0. The summed E-state index contributed by atoms with van der Waals surface area (Å²) in [5, 5.41) is 6.33. The van der Waals surface area contributed by atoms with Gasteiger partial charge in [0.2, 0.25) is 15.9 Å². The van der Waals surface area contributed by atoms with Crippen molar-refractivity contribution < 1.29 is 22.5 Å². The summed E-state index contributed by atoms with van der Waals surface area (Å²) in [5.74, 6) is -0.155. The molecule has 1 unspecified atom stereocenters. The number of amides is 1. The molecule has 0 aliphatic carbocycles. The molecular weight excluding hydrogens is 310 g/mol. The van der Waals surface area contributed by atoms with Crippen molar-refractivity contribution in [3.63, 3.8) is 0 Å². The van der Waals surface area contributed by atoms with Crippen LogP contribution in [0.4, 0.5) is 0 Å². The van der Waals surface area contributed by atoms with Gasteiger partial charge in [-0.3, -0.25) is 4.79 Å². The summed E-state index contributed by atoms with van der Waals surface area (Å²) in [6.45, 7) is 3.92. The third-order valence-corrected chi connectivity index (χ3v) is 5.60. The number of carbonyl (C=O) groups excluding carboxylic acids is 1. The van der Waals surface area contributed by atoms with Gasteiger partial charge in [0, 0.05) is 20.2 Å². The molecule has 9 heteroatoms. The number of aryl methyl sites for hydroxylation is 2. The standard InChI is InChI=1S/C13H21N3O5S/c1-9-13(10(2)21-15-9)22(18,19)16(3)8-12(17)14-7-11-5-4-6-20-11/h11H,4-8H2,1-3H3,(H,14,17). The lowest BCUT2D eigenvalue weighted by molar-refractivity contribution is -0.121. The van der Waals surface area contributed by atoms with Gasteiger partial charge in [0.1, 0.15) is 10.6 Å². The molecule has 0 saturated carbocycles. The maximum atomic E-state index is 12.5. The average Bonchev–Trinajstić information content (AvgIpc) is 3.06. The van der Waals surface area contributed by atoms with Crippen LogP contribution in [0.1, 0.15) is 24.3 Å². The normalized spacial score (nSPS) is 18.8. The highest BCUT2D eigenvalue weighted by atomic mass is 32.2. The Kier molecular flexibility index (Phi) is 5.20. The number of nitrogens with one attached hydrogen (secondary N) is 1. The second-order valence-corrected chi connectivity index (χ2v) is 7.34. The molecule has 2 rings (SSSR count). The number of sulfonamides is 1. The van der Waals surface area contributed by atoms with Gasteiger partial charge < -0.3 is 14.6 Å². The second-order valence-electron chi connectivity index (χ2n) is 5.35. The minimum atomic E-state index is -3.80. The fourth-order valence-corrected chi connectivity index (χ4v) is 3.78. The first kappa shape index (κ1) is 16.9. The predicted octanol–water partition coefficient (Wildman–Crippen LogP) is 0.207. The molecule has 124 valence electrons. The Balaban J connectivity index is 1.95. The Bertz CT molecular complexity index is 615. The number of nitrogens with zero attached hydrogens (tertiary/aromatic N) is 2. The monoisotopic (exact) mass is 331 g/mol. The number of hydrogen-bond acceptors (Lipinski definition) is 6. The van der Waals surface area contributed by atoms with E-state index in [-0.39, 0.29) is 34.9 Å². The van der Waals surface area contributed by atoms with E-state index in [4.69, 9.17) is 9.26 Å². The van der Waals surface area contributed by atoms with Crippen molar-refractivity contribution in [1.82, 2.24) is 14.8 Å². The highest BCUT2D eigenvalue weighted by Gasteiger charge is 2.29. The number of ether oxygens (including phenoxy) is 1. The number of rotatable bonds is 6. The van der Waals surface area contributed by atoms with Gasteiger partial charge in [0.15, 0.2) is 5.76 Å². The van der Waals surface area contributed by atoms with Crippen LogP contribution < -0.4 is 5.32 Å². The number of aromatic nitrogens is 1. The smallest absolute Gasteiger partial charge is 0.248 e. The van der Waals surface area contributed by atoms with Gasteiger partial charge in [-0.15, -0.1) is 0 Å². The molecule has 8 nitrogen and oxygen atoms in total. The van der Waals surface area contributed by atoms with E-state index in [9.17, 15) is 13.2 Å². The lowest BCUT2D eigenvalue weighted by atomic mass is 10.2. The highest BCUT2D eigenvalue weighted by molar-refractivity contribution is 7.89. The van der Waals surface area contributed by atoms with Crippen LogP contribution in [0.3, 0.4) is 0 Å². The van der Waals surface area contributed by atoms with Gasteiger partial charge in [-0.05, 0) is 26.7 Å². The molecule has 0 spiro atoms. The Morgan fingerprint density at radius 2 is 2.18 bits per heavy atom. The minimum Gasteiger partial charge on any atom is -0.376 e. The van der Waals surface area contributed by atoms with Gasteiger partial charge in [0.25, 0.3) is 0 Å². The van der Waals surface area contributed by atoms with Gasteiger partial charge in [-0.25, -0.2) is 8.42 Å². The van der Waals surface area contributed by atoms with Gasteiger partial charge in [-0.2, -0.15) is 4.31 Å². The molecule has 0 aromatic carbocycles. The Hall–Kier alpha value is -1.45. The molecule has 2 heterocycles. The summed E-state index contributed by atoms with van der Waals surface area (Å²) in [4.78, 5) is 11.9. The molecule has 0 bridgehead atoms. The minimum absolute atomic E-state index is 0.0157. The van der Waals surface area contributed by atoms with Crippen molar-refractivity contribution in [2.75, 3.05) is 26.7 Å². The van der Waals surface area contributed by atoms with E-state index in [1.807, 2.05) is 0 Å². The van der Waals surface area contributed by atoms with Crippen LogP contribution in [-0.4, -0.2) is 56.6 Å². The van der Waals surface area contributed by atoms with Crippen molar-refractivity contribution in [3.05, 3.63) is 11.5 Å². The molecule has 1 aliphatic heterocycles. The van der Waals surface area contributed by atoms with Crippen LogP contribution in [0.25, 0.3) is 0 Å². The van der Waals surface area contributed by atoms with Gasteiger partial charge >= 0.3 is 0 Å². The molecule has 1 amide bonds. The first-order valence-corrected chi connectivity index (χ1v) is 8.54.